The van der Waals surface area contributed by atoms with Crippen molar-refractivity contribution in [1.82, 2.24) is 15.2 Å². The minimum Gasteiger partial charge on any atom is -0.455 e. The standard InChI is InChI=1S/C51H34N4O2/c1-3-14-31(15-4-1)49-52-50(32-16-5-2-6-17-32)54-51(53-49)40-23-11-22-39-46-34(20-13-27-44(46)56-47(39)40)33-28-29-37-38-21-12-26-43(48(38)57-45(37)30-33)55-41-24-9-7-18-35(41)36-19-8-10-25-42(36)55/h1-30,49-50,52H,(H,53,54). The third kappa shape index (κ3) is 4.98. The molecule has 0 saturated carbocycles. The lowest BCUT2D eigenvalue weighted by Gasteiger charge is -2.32. The lowest BCUT2D eigenvalue weighted by atomic mass is 9.97. The summed E-state index contributed by atoms with van der Waals surface area (Å²) in [5, 5.41) is 14.1. The average molecular weight is 735 g/mol. The molecule has 0 spiro atoms. The molecule has 1 aliphatic rings. The second kappa shape index (κ2) is 12.6. The Morgan fingerprint density at radius 1 is 0.474 bits per heavy atom. The van der Waals surface area contributed by atoms with Crippen molar-refractivity contribution in [3.05, 3.63) is 199 Å². The number of nitrogens with zero attached hydrogens (tertiary/aromatic N) is 2. The van der Waals surface area contributed by atoms with Crippen molar-refractivity contribution in [2.75, 3.05) is 0 Å². The highest BCUT2D eigenvalue weighted by Gasteiger charge is 2.28. The predicted molar refractivity (Wildman–Crippen MR) is 232 cm³/mol. The minimum absolute atomic E-state index is 0.148. The minimum atomic E-state index is -0.242. The summed E-state index contributed by atoms with van der Waals surface area (Å²) >= 11 is 0. The first-order chi connectivity index (χ1) is 28.3. The van der Waals surface area contributed by atoms with Gasteiger partial charge in [-0.2, -0.15) is 0 Å². The third-order valence-corrected chi connectivity index (χ3v) is 11.5. The van der Waals surface area contributed by atoms with Crippen molar-refractivity contribution in [1.29, 1.82) is 0 Å². The molecular weight excluding hydrogens is 701 g/mol. The van der Waals surface area contributed by atoms with Crippen LogP contribution in [0, 0.1) is 0 Å². The van der Waals surface area contributed by atoms with E-state index in [1.807, 2.05) is 12.1 Å². The molecule has 3 aromatic heterocycles. The Balaban J connectivity index is 0.999. The lowest BCUT2D eigenvalue weighted by molar-refractivity contribution is 0.409. The van der Waals surface area contributed by atoms with Crippen LogP contribution in [0.4, 0.5) is 0 Å². The summed E-state index contributed by atoms with van der Waals surface area (Å²) in [4.78, 5) is 5.23. The highest BCUT2D eigenvalue weighted by atomic mass is 16.3. The van der Waals surface area contributed by atoms with Gasteiger partial charge in [-0.3, -0.25) is 5.32 Å². The van der Waals surface area contributed by atoms with Crippen LogP contribution in [0.1, 0.15) is 29.0 Å². The molecule has 2 atom stereocenters. The highest BCUT2D eigenvalue weighted by molar-refractivity contribution is 6.19. The molecule has 4 heterocycles. The summed E-state index contributed by atoms with van der Waals surface area (Å²) < 4.78 is 16.0. The van der Waals surface area contributed by atoms with E-state index < -0.39 is 0 Å². The summed E-state index contributed by atoms with van der Waals surface area (Å²) in [5.41, 5.74) is 12.0. The van der Waals surface area contributed by atoms with Crippen molar-refractivity contribution >= 4 is 71.5 Å². The number of hydrogen-bond acceptors (Lipinski definition) is 5. The van der Waals surface area contributed by atoms with Gasteiger partial charge in [0.15, 0.2) is 5.58 Å². The maximum Gasteiger partial charge on any atom is 0.159 e. The van der Waals surface area contributed by atoms with Crippen molar-refractivity contribution < 1.29 is 8.83 Å². The van der Waals surface area contributed by atoms with E-state index in [1.165, 1.54) is 10.8 Å². The van der Waals surface area contributed by atoms with Gasteiger partial charge in [0.2, 0.25) is 0 Å². The third-order valence-electron chi connectivity index (χ3n) is 11.5. The maximum atomic E-state index is 6.87. The van der Waals surface area contributed by atoms with Crippen LogP contribution in [-0.2, 0) is 0 Å². The molecule has 0 amide bonds. The Hall–Kier alpha value is -7.41. The van der Waals surface area contributed by atoms with Gasteiger partial charge in [0, 0.05) is 32.3 Å². The number of benzene rings is 8. The molecule has 1 aliphatic heterocycles. The fourth-order valence-electron chi connectivity index (χ4n) is 8.90. The van der Waals surface area contributed by atoms with E-state index in [9.17, 15) is 0 Å². The van der Waals surface area contributed by atoms with Gasteiger partial charge in [0.1, 0.15) is 34.9 Å². The lowest BCUT2D eigenvalue weighted by Crippen LogP contribution is -2.45. The Morgan fingerprint density at radius 2 is 1.11 bits per heavy atom. The highest BCUT2D eigenvalue weighted by Crippen LogP contribution is 2.42. The summed E-state index contributed by atoms with van der Waals surface area (Å²) in [6.07, 6.45) is -0.390. The van der Waals surface area contributed by atoms with Crippen LogP contribution >= 0.6 is 0 Å². The monoisotopic (exact) mass is 734 g/mol. The van der Waals surface area contributed by atoms with Gasteiger partial charge in [-0.25, -0.2) is 4.99 Å². The fraction of sp³-hybridized carbons (Fsp3) is 0.0392. The number of fused-ring (bicyclic) bond motifs is 9. The van der Waals surface area contributed by atoms with Crippen LogP contribution in [-0.4, -0.2) is 10.4 Å². The van der Waals surface area contributed by atoms with Gasteiger partial charge >= 0.3 is 0 Å². The molecule has 11 aromatic rings. The molecule has 0 aliphatic carbocycles. The number of aromatic nitrogens is 1. The molecule has 0 bridgehead atoms. The summed E-state index contributed by atoms with van der Waals surface area (Å²) in [6.45, 7) is 0. The Kier molecular flexibility index (Phi) is 7.03. The smallest absolute Gasteiger partial charge is 0.159 e. The maximum absolute atomic E-state index is 6.87. The Morgan fingerprint density at radius 3 is 1.89 bits per heavy atom. The summed E-state index contributed by atoms with van der Waals surface area (Å²) in [6, 6.07) is 63.7. The second-order valence-corrected chi connectivity index (χ2v) is 14.7. The second-order valence-electron chi connectivity index (χ2n) is 14.7. The zero-order chi connectivity index (χ0) is 37.5. The number of amidine groups is 1. The van der Waals surface area contributed by atoms with E-state index in [0.717, 1.165) is 94.3 Å². The molecule has 0 saturated heterocycles. The summed E-state index contributed by atoms with van der Waals surface area (Å²) in [5.74, 6) is 0.783. The number of para-hydroxylation sites is 4. The molecule has 2 unspecified atom stereocenters. The Bertz CT molecular complexity index is 3320. The van der Waals surface area contributed by atoms with Gasteiger partial charge in [0.05, 0.1) is 22.3 Å². The van der Waals surface area contributed by atoms with Gasteiger partial charge in [-0.1, -0.05) is 140 Å². The van der Waals surface area contributed by atoms with E-state index in [2.05, 4.69) is 185 Å². The molecule has 6 heteroatoms. The van der Waals surface area contributed by atoms with Crippen molar-refractivity contribution in [2.24, 2.45) is 4.99 Å². The van der Waals surface area contributed by atoms with E-state index in [1.54, 1.807) is 0 Å². The number of hydrogen-bond donors (Lipinski definition) is 2. The van der Waals surface area contributed by atoms with E-state index in [-0.39, 0.29) is 12.3 Å². The van der Waals surface area contributed by atoms with Gasteiger partial charge < -0.3 is 18.7 Å². The number of furan rings is 2. The molecular formula is C51H34N4O2. The zero-order valence-electron chi connectivity index (χ0n) is 30.7. The van der Waals surface area contributed by atoms with Crippen LogP contribution in [0.25, 0.3) is 82.5 Å². The van der Waals surface area contributed by atoms with E-state index in [0.29, 0.717) is 0 Å². The molecule has 6 nitrogen and oxygen atoms in total. The largest absolute Gasteiger partial charge is 0.455 e. The summed E-state index contributed by atoms with van der Waals surface area (Å²) in [7, 11) is 0. The van der Waals surface area contributed by atoms with Crippen LogP contribution in [0.15, 0.2) is 196 Å². The zero-order valence-corrected chi connectivity index (χ0v) is 30.7. The van der Waals surface area contributed by atoms with Crippen LogP contribution in [0.2, 0.25) is 0 Å². The molecule has 12 rings (SSSR count). The van der Waals surface area contributed by atoms with Crippen LogP contribution in [0.3, 0.4) is 0 Å². The number of nitrogens with one attached hydrogen (secondary N) is 2. The van der Waals surface area contributed by atoms with Crippen LogP contribution in [0.5, 0.6) is 0 Å². The van der Waals surface area contributed by atoms with Gasteiger partial charge in [-0.15, -0.1) is 0 Å². The first-order valence-corrected chi connectivity index (χ1v) is 19.4. The van der Waals surface area contributed by atoms with Crippen molar-refractivity contribution in [3.8, 4) is 16.8 Å². The predicted octanol–water partition coefficient (Wildman–Crippen LogP) is 12.6. The van der Waals surface area contributed by atoms with Gasteiger partial charge in [-0.05, 0) is 64.7 Å². The first kappa shape index (κ1) is 31.9. The van der Waals surface area contributed by atoms with E-state index >= 15 is 0 Å². The van der Waals surface area contributed by atoms with Gasteiger partial charge in [0.25, 0.3) is 0 Å². The molecule has 0 fully saturated rings. The molecule has 57 heavy (non-hydrogen) atoms. The first-order valence-electron chi connectivity index (χ1n) is 19.4. The normalized spacial score (nSPS) is 15.9. The molecule has 270 valence electrons. The quantitative estimate of drug-likeness (QED) is 0.185. The average Bonchev–Trinajstić information content (AvgIpc) is 3.96. The Labute approximate surface area is 327 Å². The molecule has 8 aromatic carbocycles. The topological polar surface area (TPSA) is 67.6 Å². The van der Waals surface area contributed by atoms with Crippen molar-refractivity contribution in [3.63, 3.8) is 0 Å². The van der Waals surface area contributed by atoms with Crippen molar-refractivity contribution in [2.45, 2.75) is 12.3 Å². The fourth-order valence-corrected chi connectivity index (χ4v) is 8.90. The number of rotatable bonds is 5. The number of aliphatic imine (C=N–C) groups is 1. The van der Waals surface area contributed by atoms with E-state index in [4.69, 9.17) is 13.8 Å². The van der Waals surface area contributed by atoms with Crippen LogP contribution < -0.4 is 10.6 Å². The molecule has 0 radical (unpaired) electrons. The SMILES string of the molecule is c1ccc(C2N=C(c3cccc4c3oc3cccc(-c5ccc6c(c5)oc5c(-n7c8ccccc8c8ccccc87)cccc56)c34)NC(c3ccccc3)N2)cc1. The molecule has 2 N–H and O–H groups in total.